The Morgan fingerprint density at radius 2 is 1.47 bits per heavy atom. The second-order valence-corrected chi connectivity index (χ2v) is 4.39. The highest BCUT2D eigenvalue weighted by atomic mass is 16.4. The Bertz CT molecular complexity index is 251. The van der Waals surface area contributed by atoms with Crippen LogP contribution in [0.3, 0.4) is 0 Å². The zero-order valence-corrected chi connectivity index (χ0v) is 8.43. The van der Waals surface area contributed by atoms with Gasteiger partial charge in [0.15, 0.2) is 0 Å². The number of nitrogens with zero attached hydrogens (tertiary/aromatic N) is 1. The van der Waals surface area contributed by atoms with Crippen LogP contribution in [0.4, 0.5) is 0 Å². The van der Waals surface area contributed by atoms with Gasteiger partial charge in [-0.25, -0.2) is 0 Å². The van der Waals surface area contributed by atoms with Crippen LogP contribution in [0.1, 0.15) is 6.92 Å². The highest BCUT2D eigenvalue weighted by molar-refractivity contribution is 5.12. The minimum absolute atomic E-state index is 0.307. The summed E-state index contributed by atoms with van der Waals surface area (Å²) in [7, 11) is 0. The molecule has 6 nitrogen and oxygen atoms in total. The molecule has 0 saturated carbocycles. The molecule has 0 aromatic rings. The van der Waals surface area contributed by atoms with Gasteiger partial charge in [-0.3, -0.25) is 4.90 Å². The number of aliphatic hydroxyl groups is 5. The molecule has 0 bridgehead atoms. The molecule has 0 spiro atoms. The molecular weight excluding hydrogens is 202 g/mol. The molecule has 5 N–H and O–H groups in total. The molecule has 2 fully saturated rings. The smallest absolute Gasteiger partial charge is 0.0996 e. The van der Waals surface area contributed by atoms with E-state index in [1.807, 2.05) is 0 Å². The Morgan fingerprint density at radius 3 is 2.00 bits per heavy atom. The number of rotatable bonds is 1. The molecular formula is C9H17NO5. The Kier molecular flexibility index (Phi) is 2.74. The van der Waals surface area contributed by atoms with Crippen molar-refractivity contribution in [1.29, 1.82) is 0 Å². The van der Waals surface area contributed by atoms with Gasteiger partial charge in [0.25, 0.3) is 0 Å². The van der Waals surface area contributed by atoms with Crippen molar-refractivity contribution < 1.29 is 25.5 Å². The van der Waals surface area contributed by atoms with Gasteiger partial charge in [0.2, 0.25) is 0 Å². The van der Waals surface area contributed by atoms with Crippen LogP contribution < -0.4 is 0 Å². The number of aliphatic hydroxyl groups excluding tert-OH is 5. The van der Waals surface area contributed by atoms with E-state index in [4.69, 9.17) is 5.11 Å². The van der Waals surface area contributed by atoms with Crippen LogP contribution >= 0.6 is 0 Å². The molecule has 0 radical (unpaired) electrons. The Hall–Kier alpha value is -0.240. The molecule has 15 heavy (non-hydrogen) atoms. The molecule has 0 aliphatic carbocycles. The van der Waals surface area contributed by atoms with Crippen molar-refractivity contribution in [2.45, 2.75) is 49.5 Å². The van der Waals surface area contributed by atoms with Gasteiger partial charge >= 0.3 is 0 Å². The summed E-state index contributed by atoms with van der Waals surface area (Å²) < 4.78 is 0. The lowest BCUT2D eigenvalue weighted by Gasteiger charge is -2.27. The molecule has 0 aromatic carbocycles. The van der Waals surface area contributed by atoms with Gasteiger partial charge < -0.3 is 25.5 Å². The van der Waals surface area contributed by atoms with E-state index in [2.05, 4.69) is 0 Å². The minimum atomic E-state index is -1.13. The summed E-state index contributed by atoms with van der Waals surface area (Å²) in [5, 5.41) is 47.8. The Morgan fingerprint density at radius 1 is 0.933 bits per heavy atom. The van der Waals surface area contributed by atoms with Gasteiger partial charge in [-0.2, -0.15) is 0 Å². The third-order valence-corrected chi connectivity index (χ3v) is 3.67. The predicted octanol–water partition coefficient (Wildman–Crippen LogP) is -3.12. The van der Waals surface area contributed by atoms with Crippen molar-refractivity contribution >= 4 is 0 Å². The van der Waals surface area contributed by atoms with E-state index in [0.29, 0.717) is 0 Å². The fourth-order valence-electron chi connectivity index (χ4n) is 2.82. The SMILES string of the molecule is C[C@H]1[C@H](O)[C@@H](O)[C@@H]2[C@@H](O)[C@H](O)[C@@H](CO)N21. The summed E-state index contributed by atoms with van der Waals surface area (Å²) >= 11 is 0. The van der Waals surface area contributed by atoms with Gasteiger partial charge in [0.1, 0.15) is 0 Å². The lowest BCUT2D eigenvalue weighted by molar-refractivity contribution is -0.0321. The predicted molar refractivity (Wildman–Crippen MR) is 50.0 cm³/mol. The number of hydrogen-bond donors (Lipinski definition) is 5. The summed E-state index contributed by atoms with van der Waals surface area (Å²) in [6.45, 7) is 1.39. The summed E-state index contributed by atoms with van der Waals surface area (Å²) in [5.41, 5.74) is 0. The van der Waals surface area contributed by atoms with Crippen molar-refractivity contribution in [3.63, 3.8) is 0 Å². The topological polar surface area (TPSA) is 104 Å². The average molecular weight is 219 g/mol. The maximum absolute atomic E-state index is 9.70. The van der Waals surface area contributed by atoms with Crippen LogP contribution in [-0.2, 0) is 0 Å². The highest BCUT2D eigenvalue weighted by Gasteiger charge is 2.59. The number of hydrogen-bond acceptors (Lipinski definition) is 6. The van der Waals surface area contributed by atoms with Crippen LogP contribution in [0, 0.1) is 0 Å². The normalized spacial score (nSPS) is 56.0. The average Bonchev–Trinajstić information content (AvgIpc) is 2.59. The Balaban J connectivity index is 2.29. The van der Waals surface area contributed by atoms with Crippen molar-refractivity contribution in [2.24, 2.45) is 0 Å². The van der Waals surface area contributed by atoms with Gasteiger partial charge in [-0.15, -0.1) is 0 Å². The van der Waals surface area contributed by atoms with Crippen LogP contribution in [0.15, 0.2) is 0 Å². The summed E-state index contributed by atoms with van der Waals surface area (Å²) in [6.07, 6.45) is -4.24. The van der Waals surface area contributed by atoms with E-state index in [9.17, 15) is 20.4 Å². The summed E-state index contributed by atoms with van der Waals surface area (Å²) in [5.74, 6) is 0. The van der Waals surface area contributed by atoms with Crippen LogP contribution in [-0.4, -0.2) is 79.6 Å². The molecule has 2 aliphatic rings. The molecule has 0 unspecified atom stereocenters. The maximum atomic E-state index is 9.70. The van der Waals surface area contributed by atoms with Gasteiger partial charge in [0, 0.05) is 6.04 Å². The van der Waals surface area contributed by atoms with Gasteiger partial charge in [-0.1, -0.05) is 0 Å². The third kappa shape index (κ3) is 1.33. The first-order chi connectivity index (χ1) is 7.00. The van der Waals surface area contributed by atoms with Gasteiger partial charge in [-0.05, 0) is 6.92 Å². The van der Waals surface area contributed by atoms with E-state index in [1.54, 1.807) is 11.8 Å². The van der Waals surface area contributed by atoms with Crippen LogP contribution in [0.25, 0.3) is 0 Å². The largest absolute Gasteiger partial charge is 0.395 e. The van der Waals surface area contributed by atoms with Crippen molar-refractivity contribution in [3.05, 3.63) is 0 Å². The zero-order valence-electron chi connectivity index (χ0n) is 8.43. The molecule has 0 aromatic heterocycles. The molecule has 2 aliphatic heterocycles. The van der Waals surface area contributed by atoms with Gasteiger partial charge in [0.05, 0.1) is 43.1 Å². The fourth-order valence-corrected chi connectivity index (χ4v) is 2.82. The van der Waals surface area contributed by atoms with E-state index in [-0.39, 0.29) is 12.6 Å². The van der Waals surface area contributed by atoms with Crippen molar-refractivity contribution in [1.82, 2.24) is 4.90 Å². The van der Waals surface area contributed by atoms with E-state index < -0.39 is 36.5 Å². The molecule has 2 saturated heterocycles. The lowest BCUT2D eigenvalue weighted by Crippen LogP contribution is -2.45. The first-order valence-electron chi connectivity index (χ1n) is 5.11. The quantitative estimate of drug-likeness (QED) is 0.319. The first kappa shape index (κ1) is 11.3. The lowest BCUT2D eigenvalue weighted by atomic mass is 10.00. The highest BCUT2D eigenvalue weighted by Crippen LogP contribution is 2.37. The van der Waals surface area contributed by atoms with Crippen molar-refractivity contribution in [2.75, 3.05) is 6.61 Å². The van der Waals surface area contributed by atoms with Crippen molar-refractivity contribution in [3.8, 4) is 0 Å². The molecule has 0 amide bonds. The fraction of sp³-hybridized carbons (Fsp3) is 1.00. The minimum Gasteiger partial charge on any atom is -0.395 e. The monoisotopic (exact) mass is 219 g/mol. The molecule has 2 rings (SSSR count). The maximum Gasteiger partial charge on any atom is 0.0996 e. The van der Waals surface area contributed by atoms with E-state index in [1.165, 1.54) is 0 Å². The summed E-state index contributed by atoms with van der Waals surface area (Å²) in [4.78, 5) is 1.60. The second-order valence-electron chi connectivity index (χ2n) is 4.39. The summed E-state index contributed by atoms with van der Waals surface area (Å²) in [6, 6.07) is -1.69. The van der Waals surface area contributed by atoms with Crippen LogP contribution in [0.5, 0.6) is 0 Å². The Labute approximate surface area is 87.4 Å². The third-order valence-electron chi connectivity index (χ3n) is 3.67. The standard InChI is InChI=1S/C9H17NO5/c1-3-6(12)8(14)5-9(15)7(13)4(2-11)10(3)5/h3-9,11-15H,2H2,1H3/t3-,4+,5+,6-,7+,8-,9+/m0/s1. The zero-order chi connectivity index (χ0) is 11.3. The molecule has 6 heteroatoms. The first-order valence-corrected chi connectivity index (χ1v) is 5.11. The molecule has 2 heterocycles. The van der Waals surface area contributed by atoms with E-state index in [0.717, 1.165) is 0 Å². The number of fused-ring (bicyclic) bond motifs is 1. The van der Waals surface area contributed by atoms with Crippen LogP contribution in [0.2, 0.25) is 0 Å². The van der Waals surface area contributed by atoms with E-state index >= 15 is 0 Å². The molecule has 88 valence electrons. The molecule has 7 atom stereocenters. The second kappa shape index (κ2) is 3.65.